The number of hydrogen-bond acceptors (Lipinski definition) is 2. The fraction of sp³-hybridized carbons (Fsp3) is 0.278. The van der Waals surface area contributed by atoms with Crippen molar-refractivity contribution in [2.24, 2.45) is 0 Å². The SMILES string of the molecule is O=C(NCC(O)c1ccccc1Cl)C1(c2ccc(F)cc2)CC1. The number of halogens is 2. The molecule has 1 fully saturated rings. The van der Waals surface area contributed by atoms with Crippen molar-refractivity contribution in [2.45, 2.75) is 24.4 Å². The van der Waals surface area contributed by atoms with Gasteiger partial charge in [-0.2, -0.15) is 0 Å². The van der Waals surface area contributed by atoms with Gasteiger partial charge in [-0.05, 0) is 36.6 Å². The first-order valence-electron chi connectivity index (χ1n) is 7.50. The summed E-state index contributed by atoms with van der Waals surface area (Å²) in [6.07, 6.45) is 0.593. The molecule has 3 nitrogen and oxygen atoms in total. The van der Waals surface area contributed by atoms with Gasteiger partial charge >= 0.3 is 0 Å². The van der Waals surface area contributed by atoms with Crippen molar-refractivity contribution in [1.82, 2.24) is 5.32 Å². The smallest absolute Gasteiger partial charge is 0.230 e. The van der Waals surface area contributed by atoms with E-state index in [0.29, 0.717) is 10.6 Å². The molecule has 0 heterocycles. The van der Waals surface area contributed by atoms with Crippen LogP contribution in [-0.2, 0) is 10.2 Å². The van der Waals surface area contributed by atoms with Gasteiger partial charge in [0.2, 0.25) is 5.91 Å². The molecule has 2 aromatic carbocycles. The second kappa shape index (κ2) is 6.30. The number of aliphatic hydroxyl groups excluding tert-OH is 1. The summed E-state index contributed by atoms with van der Waals surface area (Å²) < 4.78 is 13.0. The van der Waals surface area contributed by atoms with Crippen molar-refractivity contribution in [1.29, 1.82) is 0 Å². The van der Waals surface area contributed by atoms with Gasteiger partial charge in [-0.1, -0.05) is 41.9 Å². The number of hydrogen-bond donors (Lipinski definition) is 2. The van der Waals surface area contributed by atoms with Crippen molar-refractivity contribution in [3.63, 3.8) is 0 Å². The molecule has 1 unspecified atom stereocenters. The van der Waals surface area contributed by atoms with Gasteiger partial charge in [0.25, 0.3) is 0 Å². The molecular weight excluding hydrogens is 317 g/mol. The summed E-state index contributed by atoms with van der Waals surface area (Å²) in [5.74, 6) is -0.464. The summed E-state index contributed by atoms with van der Waals surface area (Å²) in [6, 6.07) is 13.0. The molecule has 5 heteroatoms. The summed E-state index contributed by atoms with van der Waals surface area (Å²) in [4.78, 5) is 12.5. The van der Waals surface area contributed by atoms with E-state index in [2.05, 4.69) is 5.32 Å². The molecular formula is C18H17ClFNO2. The first-order chi connectivity index (χ1) is 11.0. The van der Waals surface area contributed by atoms with Crippen LogP contribution in [0.5, 0.6) is 0 Å². The van der Waals surface area contributed by atoms with Gasteiger partial charge in [0.15, 0.2) is 0 Å². The zero-order valence-electron chi connectivity index (χ0n) is 12.4. The number of carbonyl (C=O) groups excluding carboxylic acids is 1. The predicted molar refractivity (Wildman–Crippen MR) is 86.7 cm³/mol. The minimum Gasteiger partial charge on any atom is -0.387 e. The molecule has 0 bridgehead atoms. The number of rotatable bonds is 5. The molecule has 1 aliphatic rings. The molecule has 0 spiro atoms. The zero-order chi connectivity index (χ0) is 16.4. The first kappa shape index (κ1) is 16.0. The average molecular weight is 334 g/mol. The topological polar surface area (TPSA) is 49.3 Å². The third kappa shape index (κ3) is 3.23. The van der Waals surface area contributed by atoms with Gasteiger partial charge in [0.1, 0.15) is 5.82 Å². The van der Waals surface area contributed by atoms with Crippen molar-refractivity contribution in [3.8, 4) is 0 Å². The van der Waals surface area contributed by atoms with E-state index < -0.39 is 11.5 Å². The average Bonchev–Trinajstić information content (AvgIpc) is 3.35. The highest BCUT2D eigenvalue weighted by Gasteiger charge is 2.51. The van der Waals surface area contributed by atoms with E-state index in [1.54, 1.807) is 36.4 Å². The van der Waals surface area contributed by atoms with Crippen LogP contribution in [0.4, 0.5) is 4.39 Å². The monoisotopic (exact) mass is 333 g/mol. The number of benzene rings is 2. The number of amides is 1. The minimum absolute atomic E-state index is 0.0888. The van der Waals surface area contributed by atoms with Gasteiger partial charge in [0, 0.05) is 17.1 Å². The molecule has 120 valence electrons. The third-order valence-electron chi connectivity index (χ3n) is 4.30. The van der Waals surface area contributed by atoms with E-state index in [9.17, 15) is 14.3 Å². The van der Waals surface area contributed by atoms with E-state index in [1.807, 2.05) is 0 Å². The summed E-state index contributed by atoms with van der Waals surface area (Å²) in [5, 5.41) is 13.4. The van der Waals surface area contributed by atoms with Crippen LogP contribution in [0.15, 0.2) is 48.5 Å². The lowest BCUT2D eigenvalue weighted by Gasteiger charge is -2.18. The van der Waals surface area contributed by atoms with Crippen molar-refractivity contribution < 1.29 is 14.3 Å². The van der Waals surface area contributed by atoms with E-state index in [0.717, 1.165) is 18.4 Å². The molecule has 0 radical (unpaired) electrons. The van der Waals surface area contributed by atoms with Gasteiger partial charge in [-0.3, -0.25) is 4.79 Å². The van der Waals surface area contributed by atoms with Gasteiger partial charge in [-0.25, -0.2) is 4.39 Å². The fourth-order valence-corrected chi connectivity index (χ4v) is 3.02. The van der Waals surface area contributed by atoms with Gasteiger partial charge in [0.05, 0.1) is 11.5 Å². The highest BCUT2D eigenvalue weighted by atomic mass is 35.5. The molecule has 0 saturated heterocycles. The summed E-state index contributed by atoms with van der Waals surface area (Å²) in [6.45, 7) is 0.0888. The lowest BCUT2D eigenvalue weighted by atomic mass is 9.95. The molecule has 0 aliphatic heterocycles. The van der Waals surface area contributed by atoms with Crippen LogP contribution in [0.3, 0.4) is 0 Å². The molecule has 1 atom stereocenters. The van der Waals surface area contributed by atoms with Gasteiger partial charge < -0.3 is 10.4 Å². The molecule has 1 aliphatic carbocycles. The summed E-state index contributed by atoms with van der Waals surface area (Å²) in [7, 11) is 0. The molecule has 1 saturated carbocycles. The molecule has 23 heavy (non-hydrogen) atoms. The first-order valence-corrected chi connectivity index (χ1v) is 7.87. The Balaban J connectivity index is 1.66. The lowest BCUT2D eigenvalue weighted by Crippen LogP contribution is -2.37. The molecule has 0 aromatic heterocycles. The Morgan fingerprint density at radius 3 is 2.48 bits per heavy atom. The number of nitrogens with one attached hydrogen (secondary N) is 1. The van der Waals surface area contributed by atoms with Crippen LogP contribution >= 0.6 is 11.6 Å². The van der Waals surface area contributed by atoms with Crippen LogP contribution in [0.25, 0.3) is 0 Å². The van der Waals surface area contributed by atoms with Crippen LogP contribution in [0, 0.1) is 5.82 Å². The maximum absolute atomic E-state index is 13.0. The summed E-state index contributed by atoms with van der Waals surface area (Å²) in [5.41, 5.74) is 0.804. The van der Waals surface area contributed by atoms with E-state index >= 15 is 0 Å². The van der Waals surface area contributed by atoms with Crippen LogP contribution < -0.4 is 5.32 Å². The standard InChI is InChI=1S/C18H17ClFNO2/c19-15-4-2-1-3-14(15)16(22)11-21-17(23)18(9-10-18)12-5-7-13(20)8-6-12/h1-8,16,22H,9-11H2,(H,21,23). The Kier molecular flexibility index (Phi) is 4.37. The minimum atomic E-state index is -0.864. The Morgan fingerprint density at radius 2 is 1.87 bits per heavy atom. The Bertz CT molecular complexity index is 713. The van der Waals surface area contributed by atoms with Crippen LogP contribution in [-0.4, -0.2) is 17.6 Å². The second-order valence-corrected chi connectivity index (χ2v) is 6.24. The van der Waals surface area contributed by atoms with Crippen molar-refractivity contribution >= 4 is 17.5 Å². The van der Waals surface area contributed by atoms with E-state index in [4.69, 9.17) is 11.6 Å². The predicted octanol–water partition coefficient (Wildman–Crippen LogP) is 3.36. The second-order valence-electron chi connectivity index (χ2n) is 5.84. The van der Waals surface area contributed by atoms with Crippen LogP contribution in [0.1, 0.15) is 30.1 Å². The maximum atomic E-state index is 13.0. The zero-order valence-corrected chi connectivity index (χ0v) is 13.2. The van der Waals surface area contributed by atoms with E-state index in [-0.39, 0.29) is 18.3 Å². The highest BCUT2D eigenvalue weighted by molar-refractivity contribution is 6.31. The van der Waals surface area contributed by atoms with E-state index in [1.165, 1.54) is 12.1 Å². The maximum Gasteiger partial charge on any atom is 0.230 e. The lowest BCUT2D eigenvalue weighted by molar-refractivity contribution is -0.124. The normalized spacial score (nSPS) is 16.7. The van der Waals surface area contributed by atoms with Crippen molar-refractivity contribution in [3.05, 3.63) is 70.5 Å². The van der Waals surface area contributed by atoms with Gasteiger partial charge in [-0.15, -0.1) is 0 Å². The quantitative estimate of drug-likeness (QED) is 0.881. The van der Waals surface area contributed by atoms with Crippen LogP contribution in [0.2, 0.25) is 5.02 Å². The fourth-order valence-electron chi connectivity index (χ4n) is 2.75. The Morgan fingerprint density at radius 1 is 1.22 bits per heavy atom. The molecule has 1 amide bonds. The summed E-state index contributed by atoms with van der Waals surface area (Å²) >= 11 is 6.04. The highest BCUT2D eigenvalue weighted by Crippen LogP contribution is 2.48. The molecule has 2 aromatic rings. The Hall–Kier alpha value is -1.91. The third-order valence-corrected chi connectivity index (χ3v) is 4.65. The number of carbonyl (C=O) groups is 1. The molecule has 3 rings (SSSR count). The molecule has 2 N–H and O–H groups in total. The Labute approximate surface area is 139 Å². The largest absolute Gasteiger partial charge is 0.387 e. The number of aliphatic hydroxyl groups is 1. The van der Waals surface area contributed by atoms with Crippen molar-refractivity contribution in [2.75, 3.05) is 6.54 Å².